The zero-order chi connectivity index (χ0) is 66.6. The number of halogens is 1. The first kappa shape index (κ1) is 62.9. The van der Waals surface area contributed by atoms with E-state index in [0.29, 0.717) is 0 Å². The van der Waals surface area contributed by atoms with E-state index >= 15 is 0 Å². The van der Waals surface area contributed by atoms with Crippen LogP contribution in [0.15, 0.2) is 195 Å². The molecule has 6 nitrogen and oxygen atoms in total. The second-order valence-corrected chi connectivity index (χ2v) is 28.3. The number of pyridine rings is 6. The fourth-order valence-corrected chi connectivity index (χ4v) is 15.6. The zero-order valence-corrected chi connectivity index (χ0v) is 58.0. The molecule has 0 bridgehead atoms. The lowest BCUT2D eigenvalue weighted by atomic mass is 9.79. The lowest BCUT2D eigenvalue weighted by Crippen LogP contribution is -2.32. The quantitative estimate of drug-likeness (QED) is 0.156. The summed E-state index contributed by atoms with van der Waals surface area (Å²) in [4.78, 5) is 14.9. The smallest absolute Gasteiger partial charge is 0.213 e. The predicted molar refractivity (Wildman–Crippen MR) is 384 cm³/mol. The van der Waals surface area contributed by atoms with Crippen molar-refractivity contribution in [2.45, 2.75) is 120 Å². The lowest BCUT2D eigenvalue weighted by Gasteiger charge is -2.24. The third kappa shape index (κ3) is 10.6. The number of aromatic nitrogens is 6. The van der Waals surface area contributed by atoms with Crippen molar-refractivity contribution in [2.24, 2.45) is 21.1 Å². The molecule has 0 saturated carbocycles. The maximum atomic E-state index is 13.4. The molecule has 6 heterocycles. The fourth-order valence-electron chi connectivity index (χ4n) is 15.6. The Morgan fingerprint density at radius 1 is 0.287 bits per heavy atom. The van der Waals surface area contributed by atoms with Crippen LogP contribution in [0.5, 0.6) is 0 Å². The largest absolute Gasteiger partial charge is 0.257 e. The number of hydrogen-bond acceptors (Lipinski definition) is 3. The summed E-state index contributed by atoms with van der Waals surface area (Å²) < 4.78 is 20.2. The number of hydrogen-bond donors (Lipinski definition) is 0. The molecule has 0 aliphatic heterocycles. The second-order valence-electron chi connectivity index (χ2n) is 28.3. The van der Waals surface area contributed by atoms with Crippen molar-refractivity contribution in [3.63, 3.8) is 0 Å². The van der Waals surface area contributed by atoms with Gasteiger partial charge in [-0.05, 0) is 176 Å². The molecule has 0 unspecified atom stereocenters. The van der Waals surface area contributed by atoms with Gasteiger partial charge in [-0.1, -0.05) is 169 Å². The molecule has 0 atom stereocenters. The van der Waals surface area contributed by atoms with E-state index in [9.17, 15) is 4.39 Å². The molecule has 3 aliphatic rings. The molecule has 0 N–H and O–H groups in total. The molecule has 6 aromatic heterocycles. The molecule has 0 fully saturated rings. The van der Waals surface area contributed by atoms with Crippen molar-refractivity contribution in [3.8, 4) is 101 Å². The molecule has 94 heavy (non-hydrogen) atoms. The van der Waals surface area contributed by atoms with Crippen molar-refractivity contribution >= 4 is 0 Å². The highest BCUT2D eigenvalue weighted by molar-refractivity contribution is 5.91. The third-order valence-electron chi connectivity index (χ3n) is 20.4. The van der Waals surface area contributed by atoms with Gasteiger partial charge in [-0.25, -0.2) is 18.1 Å². The molecule has 3 aliphatic carbocycles. The van der Waals surface area contributed by atoms with Gasteiger partial charge in [0.15, 0.2) is 18.6 Å². The van der Waals surface area contributed by atoms with Gasteiger partial charge in [-0.15, -0.1) is 0 Å². The molecule has 7 heteroatoms. The predicted octanol–water partition coefficient (Wildman–Crippen LogP) is 19.6. The van der Waals surface area contributed by atoms with E-state index in [0.717, 1.165) is 33.9 Å². The van der Waals surface area contributed by atoms with E-state index in [1.807, 2.05) is 12.1 Å². The molecule has 0 radical (unpaired) electrons. The van der Waals surface area contributed by atoms with Crippen LogP contribution in [0, 0.1) is 68.1 Å². The number of rotatable bonds is 6. The van der Waals surface area contributed by atoms with Crippen molar-refractivity contribution in [3.05, 3.63) is 285 Å². The Kier molecular flexibility index (Phi) is 15.8. The molecule has 6 aromatic carbocycles. The fraction of sp³-hybridized carbons (Fsp3) is 0.241. The molecule has 0 spiro atoms. The maximum Gasteiger partial charge on any atom is 0.213 e. The summed E-state index contributed by atoms with van der Waals surface area (Å²) in [6, 6.07) is 61.6. The standard InChI is InChI=1S/C29H28FN2.2C29H29N2/c1-17-7-13-22-23-14-8-19(3)31-28(23)29(4,5)27(22)26(17)25-15-18(2)24(16-32(25)6)20-9-11-21(30)12-10-20;2*1-18-12-14-22-23-15-13-20(3)30-28(23)29(4,5)27(22)26(18)25-16-19(2)24(17-31(25)6)21-10-8-7-9-11-21/h7-16H,1-6H3;2*7-17H,1-6H3/q3*+1. The summed E-state index contributed by atoms with van der Waals surface area (Å²) >= 11 is 0. The van der Waals surface area contributed by atoms with Crippen LogP contribution in [0.3, 0.4) is 0 Å². The minimum Gasteiger partial charge on any atom is -0.257 e. The Bertz CT molecular complexity index is 4840. The van der Waals surface area contributed by atoms with Crippen molar-refractivity contribution in [1.29, 1.82) is 0 Å². The van der Waals surface area contributed by atoms with Crippen LogP contribution in [-0.2, 0) is 37.4 Å². The Labute approximate surface area is 556 Å². The topological polar surface area (TPSA) is 50.3 Å². The minimum absolute atomic E-state index is 0.142. The SMILES string of the molecule is Cc1ccc2c(n1)C(C)(C)c1c-2ccc(C)c1-c1cc(C)c(-c2ccc(F)cc2)c[n+]1C.Cc1ccc2c(n1)C(C)(C)c1c-2ccc(C)c1-c1cc(C)c(-c2ccccc2)c[n+]1C.Cc1ccc2c(n1)C(C)(C)c1c-2ccc(C)c1-c1cc(C)c(-c2ccccc2)c[n+]1C. The highest BCUT2D eigenvalue weighted by Gasteiger charge is 2.44. The van der Waals surface area contributed by atoms with Crippen molar-refractivity contribution in [2.75, 3.05) is 0 Å². The van der Waals surface area contributed by atoms with Crippen molar-refractivity contribution in [1.82, 2.24) is 15.0 Å². The highest BCUT2D eigenvalue weighted by Crippen LogP contribution is 2.55. The first-order valence-corrected chi connectivity index (χ1v) is 33.0. The van der Waals surface area contributed by atoms with Crippen LogP contribution in [-0.4, -0.2) is 15.0 Å². The van der Waals surface area contributed by atoms with E-state index in [4.69, 9.17) is 15.0 Å². The first-order valence-electron chi connectivity index (χ1n) is 33.0. The summed E-state index contributed by atoms with van der Waals surface area (Å²) in [5.74, 6) is -0.214. The molecular formula is C87H86FN6+3. The number of aryl methyl sites for hydroxylation is 12. The van der Waals surface area contributed by atoms with Crippen LogP contribution < -0.4 is 13.7 Å². The van der Waals surface area contributed by atoms with E-state index in [1.165, 1.54) is 163 Å². The summed E-state index contributed by atoms with van der Waals surface area (Å²) in [6.07, 6.45) is 6.71. The molecule has 0 saturated heterocycles. The van der Waals surface area contributed by atoms with Crippen LogP contribution in [0.2, 0.25) is 0 Å². The third-order valence-corrected chi connectivity index (χ3v) is 20.4. The Hall–Kier alpha value is -9.85. The number of fused-ring (bicyclic) bond motifs is 9. The average molecular weight is 1230 g/mol. The Balaban J connectivity index is 0.000000128. The molecule has 0 amide bonds. The first-order chi connectivity index (χ1) is 44.8. The van der Waals surface area contributed by atoms with Gasteiger partial charge in [0.05, 0.1) is 33.8 Å². The highest BCUT2D eigenvalue weighted by atomic mass is 19.1. The second kappa shape index (κ2) is 23.6. The number of benzene rings is 6. The van der Waals surface area contributed by atoms with Crippen LogP contribution in [0.25, 0.3) is 101 Å². The molecular weight excluding hydrogens is 1150 g/mol. The summed E-state index contributed by atoms with van der Waals surface area (Å²) in [6.45, 7) is 33.3. The minimum atomic E-state index is -0.214. The maximum absolute atomic E-state index is 13.4. The summed E-state index contributed by atoms with van der Waals surface area (Å²) in [7, 11) is 6.42. The van der Waals surface area contributed by atoms with Gasteiger partial charge in [0.25, 0.3) is 0 Å². The van der Waals surface area contributed by atoms with Gasteiger partial charge in [0, 0.05) is 84.9 Å². The molecule has 12 aromatic rings. The van der Waals surface area contributed by atoms with Crippen LogP contribution in [0.1, 0.15) is 126 Å². The van der Waals surface area contributed by atoms with Gasteiger partial charge in [0.1, 0.15) is 27.0 Å². The molecule has 15 rings (SSSR count). The Morgan fingerprint density at radius 2 is 0.553 bits per heavy atom. The lowest BCUT2D eigenvalue weighted by molar-refractivity contribution is -0.660. The van der Waals surface area contributed by atoms with Crippen LogP contribution in [0.4, 0.5) is 4.39 Å². The monoisotopic (exact) mass is 1230 g/mol. The van der Waals surface area contributed by atoms with E-state index < -0.39 is 0 Å². The summed E-state index contributed by atoms with van der Waals surface area (Å²) in [5.41, 5.74) is 40.5. The molecule has 468 valence electrons. The Morgan fingerprint density at radius 3 is 0.840 bits per heavy atom. The van der Waals surface area contributed by atoms with Gasteiger partial charge < -0.3 is 0 Å². The van der Waals surface area contributed by atoms with Gasteiger partial charge in [-0.2, -0.15) is 0 Å². The van der Waals surface area contributed by atoms with Crippen molar-refractivity contribution < 1.29 is 18.1 Å². The zero-order valence-electron chi connectivity index (χ0n) is 58.0. The van der Waals surface area contributed by atoms with E-state index in [-0.39, 0.29) is 22.1 Å². The normalized spacial score (nSPS) is 13.7. The van der Waals surface area contributed by atoms with E-state index in [1.54, 1.807) is 0 Å². The van der Waals surface area contributed by atoms with Crippen LogP contribution >= 0.6 is 0 Å². The summed E-state index contributed by atoms with van der Waals surface area (Å²) in [5, 5.41) is 0. The number of nitrogens with zero attached hydrogens (tertiary/aromatic N) is 6. The van der Waals surface area contributed by atoms with Gasteiger partial charge in [-0.3, -0.25) is 15.0 Å². The average Bonchev–Trinajstić information content (AvgIpc) is 1.57. The van der Waals surface area contributed by atoms with E-state index in [2.05, 4.69) is 309 Å². The van der Waals surface area contributed by atoms with Gasteiger partial charge >= 0.3 is 0 Å². The van der Waals surface area contributed by atoms with Gasteiger partial charge in [0.2, 0.25) is 17.1 Å².